The molecule has 7 heteroatoms. The Hall–Kier alpha value is -1.45. The maximum absolute atomic E-state index is 13.1. The lowest BCUT2D eigenvalue weighted by Crippen LogP contribution is -2.24. The average Bonchev–Trinajstić information content (AvgIpc) is 2.71. The minimum Gasteiger partial charge on any atom is -0.481 e. The van der Waals surface area contributed by atoms with Gasteiger partial charge in [0.25, 0.3) is 0 Å². The van der Waals surface area contributed by atoms with Gasteiger partial charge in [-0.15, -0.1) is 0 Å². The Balaban J connectivity index is 1.94. The molecular weight excluding hydrogens is 463 g/mol. The molecule has 26 heavy (non-hydrogen) atoms. The van der Waals surface area contributed by atoms with E-state index in [0.29, 0.717) is 13.0 Å². The Morgan fingerprint density at radius 3 is 2.77 bits per heavy atom. The Bertz CT molecular complexity index is 843. The number of carboxylic acid groups (broad SMARTS) is 1. The van der Waals surface area contributed by atoms with E-state index < -0.39 is 17.0 Å². The lowest BCUT2D eigenvalue weighted by molar-refractivity contribution is -0.137. The summed E-state index contributed by atoms with van der Waals surface area (Å²) in [4.78, 5) is 11.5. The Kier molecular flexibility index (Phi) is 6.31. The largest absolute Gasteiger partial charge is 0.481 e. The molecule has 2 N–H and O–H groups in total. The Morgan fingerprint density at radius 1 is 1.23 bits per heavy atom. The van der Waals surface area contributed by atoms with Gasteiger partial charge in [-0.2, -0.15) is 0 Å². The van der Waals surface area contributed by atoms with E-state index in [2.05, 4.69) is 34.0 Å². The topological polar surface area (TPSA) is 69.6 Å². The molecule has 2 unspecified atom stereocenters. The van der Waals surface area contributed by atoms with E-state index in [-0.39, 0.29) is 12.5 Å². The van der Waals surface area contributed by atoms with Crippen molar-refractivity contribution in [3.8, 4) is 0 Å². The van der Waals surface area contributed by atoms with E-state index in [4.69, 9.17) is 5.11 Å². The molecule has 0 radical (unpaired) electrons. The number of carboxylic acids is 1. The standard InChI is InChI=1S/C19H21IN2O3S/c1-22-16-7-3-2-6-14(16)19(21-11-5-4-8-18(23)24)15-10-9-13(20)12-17(15)26(22)25/h2-3,6-7,9-10,12,19,21H,4-5,8,11H2,1H3,(H,23,24). The first-order valence-corrected chi connectivity index (χ1v) is 10.7. The van der Waals surface area contributed by atoms with Crippen molar-refractivity contribution in [1.29, 1.82) is 0 Å². The van der Waals surface area contributed by atoms with Gasteiger partial charge < -0.3 is 10.4 Å². The van der Waals surface area contributed by atoms with Crippen LogP contribution in [0.1, 0.15) is 36.4 Å². The predicted octanol–water partition coefficient (Wildman–Crippen LogP) is 3.70. The number of fused-ring (bicyclic) bond motifs is 2. The molecule has 0 aromatic heterocycles. The number of para-hydroxylation sites is 1. The second-order valence-electron chi connectivity index (χ2n) is 6.23. The summed E-state index contributed by atoms with van der Waals surface area (Å²) in [7, 11) is 0.581. The molecule has 0 saturated carbocycles. The minimum absolute atomic E-state index is 0.0723. The minimum atomic E-state index is -1.27. The van der Waals surface area contributed by atoms with E-state index in [1.165, 1.54) is 0 Å². The van der Waals surface area contributed by atoms with Crippen LogP contribution in [0.15, 0.2) is 47.4 Å². The van der Waals surface area contributed by atoms with Crippen LogP contribution in [-0.2, 0) is 15.8 Å². The number of aliphatic carboxylic acids is 1. The number of unbranched alkanes of at least 4 members (excludes halogenated alkanes) is 1. The van der Waals surface area contributed by atoms with Crippen molar-refractivity contribution >= 4 is 45.2 Å². The SMILES string of the molecule is CN1c2ccccc2C(NCCCCC(=O)O)c2ccc(I)cc2S1=O. The number of benzene rings is 2. The van der Waals surface area contributed by atoms with Crippen molar-refractivity contribution in [3.63, 3.8) is 0 Å². The number of hydrogen-bond donors (Lipinski definition) is 2. The molecule has 0 amide bonds. The van der Waals surface area contributed by atoms with E-state index in [1.807, 2.05) is 47.8 Å². The average molecular weight is 484 g/mol. The van der Waals surface area contributed by atoms with Gasteiger partial charge in [0.1, 0.15) is 0 Å². The van der Waals surface area contributed by atoms with Crippen molar-refractivity contribution in [1.82, 2.24) is 5.32 Å². The van der Waals surface area contributed by atoms with Crippen LogP contribution in [0.3, 0.4) is 0 Å². The van der Waals surface area contributed by atoms with Gasteiger partial charge in [0.15, 0.2) is 11.0 Å². The lowest BCUT2D eigenvalue weighted by atomic mass is 9.96. The number of carbonyl (C=O) groups is 1. The summed E-state index contributed by atoms with van der Waals surface area (Å²) in [6.45, 7) is 0.702. The third-order valence-electron chi connectivity index (χ3n) is 4.48. The fourth-order valence-electron chi connectivity index (χ4n) is 3.19. The van der Waals surface area contributed by atoms with Crippen LogP contribution in [0.2, 0.25) is 0 Å². The summed E-state index contributed by atoms with van der Waals surface area (Å²) >= 11 is 2.24. The number of nitrogens with zero attached hydrogens (tertiary/aromatic N) is 1. The van der Waals surface area contributed by atoms with Gasteiger partial charge >= 0.3 is 5.97 Å². The molecule has 2 aromatic rings. The highest BCUT2D eigenvalue weighted by molar-refractivity contribution is 14.1. The number of halogens is 1. The molecule has 1 heterocycles. The molecule has 2 aromatic carbocycles. The molecule has 0 spiro atoms. The van der Waals surface area contributed by atoms with Gasteiger partial charge in [-0.25, -0.2) is 4.21 Å². The lowest BCUT2D eigenvalue weighted by Gasteiger charge is -2.22. The molecule has 138 valence electrons. The monoisotopic (exact) mass is 484 g/mol. The third-order valence-corrected chi connectivity index (χ3v) is 6.57. The number of rotatable bonds is 6. The van der Waals surface area contributed by atoms with E-state index >= 15 is 0 Å². The maximum Gasteiger partial charge on any atom is 0.303 e. The van der Waals surface area contributed by atoms with E-state index in [9.17, 15) is 9.00 Å². The summed E-state index contributed by atoms with van der Waals surface area (Å²) in [5, 5.41) is 12.3. The van der Waals surface area contributed by atoms with Gasteiger partial charge in [0, 0.05) is 17.0 Å². The molecule has 2 atom stereocenters. The molecule has 0 aliphatic carbocycles. The van der Waals surface area contributed by atoms with Gasteiger partial charge in [-0.1, -0.05) is 24.3 Å². The summed E-state index contributed by atoms with van der Waals surface area (Å²) in [5.74, 6) is -0.762. The first-order valence-electron chi connectivity index (χ1n) is 8.48. The van der Waals surface area contributed by atoms with Crippen molar-refractivity contribution in [2.75, 3.05) is 17.9 Å². The highest BCUT2D eigenvalue weighted by Gasteiger charge is 2.29. The number of nitrogens with one attached hydrogen (secondary N) is 1. The Morgan fingerprint density at radius 2 is 2.00 bits per heavy atom. The first-order chi connectivity index (χ1) is 12.5. The zero-order valence-corrected chi connectivity index (χ0v) is 17.4. The van der Waals surface area contributed by atoms with Gasteiger partial charge in [0.05, 0.1) is 16.6 Å². The molecule has 3 rings (SSSR count). The highest BCUT2D eigenvalue weighted by Crippen LogP contribution is 2.38. The van der Waals surface area contributed by atoms with Crippen molar-refractivity contribution in [2.45, 2.75) is 30.2 Å². The fraction of sp³-hybridized carbons (Fsp3) is 0.316. The van der Waals surface area contributed by atoms with Gasteiger partial charge in [-0.05, 0) is 71.3 Å². The van der Waals surface area contributed by atoms with Crippen molar-refractivity contribution in [3.05, 3.63) is 57.2 Å². The van der Waals surface area contributed by atoms with E-state index in [1.54, 1.807) is 0 Å². The van der Waals surface area contributed by atoms with Crippen LogP contribution in [0.5, 0.6) is 0 Å². The van der Waals surface area contributed by atoms with Crippen LogP contribution < -0.4 is 9.62 Å². The highest BCUT2D eigenvalue weighted by atomic mass is 127. The second kappa shape index (κ2) is 8.49. The normalized spacial score (nSPS) is 18.8. The van der Waals surface area contributed by atoms with Crippen molar-refractivity contribution in [2.24, 2.45) is 0 Å². The predicted molar refractivity (Wildman–Crippen MR) is 112 cm³/mol. The number of anilines is 1. The summed E-state index contributed by atoms with van der Waals surface area (Å²) in [5.41, 5.74) is 3.04. The van der Waals surface area contributed by atoms with Gasteiger partial charge in [0.2, 0.25) is 0 Å². The van der Waals surface area contributed by atoms with Crippen LogP contribution in [0.25, 0.3) is 0 Å². The maximum atomic E-state index is 13.1. The Labute approximate surface area is 169 Å². The van der Waals surface area contributed by atoms with Crippen LogP contribution in [0, 0.1) is 3.57 Å². The van der Waals surface area contributed by atoms with Crippen LogP contribution in [-0.4, -0.2) is 28.9 Å². The molecule has 1 aliphatic heterocycles. The molecular formula is C19H21IN2O3S. The van der Waals surface area contributed by atoms with Crippen molar-refractivity contribution < 1.29 is 14.1 Å². The molecule has 0 fully saturated rings. The summed E-state index contributed by atoms with van der Waals surface area (Å²) < 4.78 is 16.0. The quantitative estimate of drug-likeness (QED) is 0.485. The number of hydrogen-bond acceptors (Lipinski definition) is 3. The molecule has 1 aliphatic rings. The zero-order chi connectivity index (χ0) is 18.7. The van der Waals surface area contributed by atoms with Crippen LogP contribution >= 0.6 is 22.6 Å². The molecule has 5 nitrogen and oxygen atoms in total. The summed E-state index contributed by atoms with van der Waals surface area (Å²) in [6.07, 6.45) is 1.61. The van der Waals surface area contributed by atoms with E-state index in [0.717, 1.165) is 31.7 Å². The van der Waals surface area contributed by atoms with Gasteiger partial charge in [-0.3, -0.25) is 9.10 Å². The zero-order valence-electron chi connectivity index (χ0n) is 14.4. The molecule has 0 saturated heterocycles. The molecule has 0 bridgehead atoms. The first kappa shape index (κ1) is 19.3. The second-order valence-corrected chi connectivity index (χ2v) is 8.96. The smallest absolute Gasteiger partial charge is 0.303 e. The van der Waals surface area contributed by atoms with Crippen LogP contribution in [0.4, 0.5) is 5.69 Å². The summed E-state index contributed by atoms with van der Waals surface area (Å²) in [6, 6.07) is 14.0. The third kappa shape index (κ3) is 4.10. The fourth-order valence-corrected chi connectivity index (χ4v) is 5.15.